The van der Waals surface area contributed by atoms with Crippen LogP contribution in [-0.4, -0.2) is 40.3 Å². The van der Waals surface area contributed by atoms with Crippen LogP contribution in [0.5, 0.6) is 0 Å². The molecule has 1 saturated heterocycles. The maximum absolute atomic E-state index is 6.18. The normalized spacial score (nSPS) is 22.6. The van der Waals surface area contributed by atoms with Gasteiger partial charge < -0.3 is 15.0 Å². The molecule has 6 heteroatoms. The van der Waals surface area contributed by atoms with E-state index in [0.717, 1.165) is 38.3 Å². The van der Waals surface area contributed by atoms with E-state index < -0.39 is 0 Å². The summed E-state index contributed by atoms with van der Waals surface area (Å²) in [6, 6.07) is 0. The van der Waals surface area contributed by atoms with Gasteiger partial charge in [0.1, 0.15) is 0 Å². The second kappa shape index (κ2) is 6.65. The Balaban J connectivity index is 1.41. The van der Waals surface area contributed by atoms with Crippen LogP contribution in [-0.2, 0) is 17.8 Å². The highest BCUT2D eigenvalue weighted by Gasteiger charge is 2.25. The summed E-state index contributed by atoms with van der Waals surface area (Å²) in [6.07, 6.45) is 8.37. The Hall–Kier alpha value is -0.980. The first-order chi connectivity index (χ1) is 9.83. The maximum atomic E-state index is 6.18. The van der Waals surface area contributed by atoms with Crippen molar-refractivity contribution in [2.45, 2.75) is 63.8 Å². The number of likely N-dealkylation sites (tertiary alicyclic amines) is 1. The first kappa shape index (κ1) is 14.0. The van der Waals surface area contributed by atoms with Gasteiger partial charge in [-0.1, -0.05) is 18.0 Å². The van der Waals surface area contributed by atoms with Crippen molar-refractivity contribution in [3.8, 4) is 0 Å². The zero-order valence-electron chi connectivity index (χ0n) is 12.0. The molecule has 1 aliphatic heterocycles. The zero-order chi connectivity index (χ0) is 13.8. The summed E-state index contributed by atoms with van der Waals surface area (Å²) in [5.41, 5.74) is 5.47. The quantitative estimate of drug-likeness (QED) is 0.879. The van der Waals surface area contributed by atoms with E-state index in [2.05, 4.69) is 15.0 Å². The van der Waals surface area contributed by atoms with E-state index in [9.17, 15) is 0 Å². The van der Waals surface area contributed by atoms with Crippen molar-refractivity contribution in [1.29, 1.82) is 0 Å². The van der Waals surface area contributed by atoms with Crippen molar-refractivity contribution in [2.24, 2.45) is 5.73 Å². The highest BCUT2D eigenvalue weighted by atomic mass is 16.5. The van der Waals surface area contributed by atoms with Crippen LogP contribution in [0.15, 0.2) is 4.52 Å². The van der Waals surface area contributed by atoms with Gasteiger partial charge in [0, 0.05) is 13.1 Å². The number of hydrogen-bond acceptors (Lipinski definition) is 6. The SMILES string of the molecule is NCc1nc(CN2CCC(OC3CCCC3)CC2)no1. The lowest BCUT2D eigenvalue weighted by atomic mass is 10.1. The number of nitrogens with zero attached hydrogens (tertiary/aromatic N) is 3. The Morgan fingerprint density at radius 1 is 1.15 bits per heavy atom. The van der Waals surface area contributed by atoms with Crippen molar-refractivity contribution < 1.29 is 9.26 Å². The average Bonchev–Trinajstić information content (AvgIpc) is 3.12. The molecule has 3 rings (SSSR count). The van der Waals surface area contributed by atoms with Crippen LogP contribution in [0.3, 0.4) is 0 Å². The van der Waals surface area contributed by atoms with E-state index in [1.807, 2.05) is 0 Å². The van der Waals surface area contributed by atoms with E-state index in [4.69, 9.17) is 15.0 Å². The number of aromatic nitrogens is 2. The number of ether oxygens (including phenoxy) is 1. The lowest BCUT2D eigenvalue weighted by Gasteiger charge is -2.32. The Bertz CT molecular complexity index is 409. The number of nitrogens with two attached hydrogens (primary N) is 1. The first-order valence-electron chi connectivity index (χ1n) is 7.73. The summed E-state index contributed by atoms with van der Waals surface area (Å²) in [4.78, 5) is 6.61. The van der Waals surface area contributed by atoms with Crippen LogP contribution in [0.2, 0.25) is 0 Å². The van der Waals surface area contributed by atoms with Gasteiger partial charge in [-0.2, -0.15) is 4.98 Å². The van der Waals surface area contributed by atoms with Crippen LogP contribution >= 0.6 is 0 Å². The lowest BCUT2D eigenvalue weighted by molar-refractivity contribution is -0.0403. The molecule has 0 aromatic carbocycles. The van der Waals surface area contributed by atoms with Crippen molar-refractivity contribution in [1.82, 2.24) is 15.0 Å². The zero-order valence-corrected chi connectivity index (χ0v) is 12.0. The predicted octanol–water partition coefficient (Wildman–Crippen LogP) is 1.45. The van der Waals surface area contributed by atoms with Crippen LogP contribution in [0, 0.1) is 0 Å². The van der Waals surface area contributed by atoms with Gasteiger partial charge in [0.15, 0.2) is 5.82 Å². The summed E-state index contributed by atoms with van der Waals surface area (Å²) in [5, 5.41) is 3.94. The van der Waals surface area contributed by atoms with E-state index >= 15 is 0 Å². The molecule has 6 nitrogen and oxygen atoms in total. The molecule has 0 unspecified atom stereocenters. The molecule has 2 N–H and O–H groups in total. The molecule has 1 aliphatic carbocycles. The van der Waals surface area contributed by atoms with Gasteiger partial charge in [-0.25, -0.2) is 0 Å². The summed E-state index contributed by atoms with van der Waals surface area (Å²) in [6.45, 7) is 3.15. The fourth-order valence-corrected chi connectivity index (χ4v) is 3.14. The molecule has 1 aromatic heterocycles. The molecule has 0 bridgehead atoms. The Morgan fingerprint density at radius 3 is 2.50 bits per heavy atom. The fraction of sp³-hybridized carbons (Fsp3) is 0.857. The molecule has 0 amide bonds. The Kier molecular flexibility index (Phi) is 4.65. The highest BCUT2D eigenvalue weighted by molar-refractivity contribution is 4.87. The molecule has 20 heavy (non-hydrogen) atoms. The van der Waals surface area contributed by atoms with Crippen molar-refractivity contribution in [2.75, 3.05) is 13.1 Å². The second-order valence-electron chi connectivity index (χ2n) is 5.83. The summed E-state index contributed by atoms with van der Waals surface area (Å²) >= 11 is 0. The smallest absolute Gasteiger partial charge is 0.240 e. The third-order valence-corrected chi connectivity index (χ3v) is 4.27. The van der Waals surface area contributed by atoms with Gasteiger partial charge in [-0.15, -0.1) is 0 Å². The van der Waals surface area contributed by atoms with Gasteiger partial charge >= 0.3 is 0 Å². The highest BCUT2D eigenvalue weighted by Crippen LogP contribution is 2.25. The minimum absolute atomic E-state index is 0.310. The topological polar surface area (TPSA) is 77.4 Å². The molecule has 0 atom stereocenters. The summed E-state index contributed by atoms with van der Waals surface area (Å²) in [5.74, 6) is 1.25. The molecule has 0 spiro atoms. The van der Waals surface area contributed by atoms with Gasteiger partial charge in [-0.05, 0) is 25.7 Å². The average molecular weight is 280 g/mol. The van der Waals surface area contributed by atoms with Crippen LogP contribution in [0.4, 0.5) is 0 Å². The first-order valence-corrected chi connectivity index (χ1v) is 7.73. The van der Waals surface area contributed by atoms with E-state index in [0.29, 0.717) is 24.6 Å². The molecular weight excluding hydrogens is 256 g/mol. The molecule has 2 fully saturated rings. The van der Waals surface area contributed by atoms with Crippen LogP contribution in [0.25, 0.3) is 0 Å². The predicted molar refractivity (Wildman–Crippen MR) is 73.8 cm³/mol. The maximum Gasteiger partial charge on any atom is 0.240 e. The standard InChI is InChI=1S/C14H24N4O2/c15-9-14-16-13(17-20-14)10-18-7-5-12(6-8-18)19-11-3-1-2-4-11/h11-12H,1-10,15H2. The van der Waals surface area contributed by atoms with Gasteiger partial charge in [0.2, 0.25) is 5.89 Å². The third kappa shape index (κ3) is 3.56. The number of piperidine rings is 1. The monoisotopic (exact) mass is 280 g/mol. The van der Waals surface area contributed by atoms with Crippen molar-refractivity contribution >= 4 is 0 Å². The Morgan fingerprint density at radius 2 is 1.85 bits per heavy atom. The van der Waals surface area contributed by atoms with E-state index in [1.54, 1.807) is 0 Å². The minimum atomic E-state index is 0.310. The summed E-state index contributed by atoms with van der Waals surface area (Å²) in [7, 11) is 0. The molecule has 112 valence electrons. The van der Waals surface area contributed by atoms with Gasteiger partial charge in [-0.3, -0.25) is 4.90 Å². The van der Waals surface area contributed by atoms with Crippen LogP contribution < -0.4 is 5.73 Å². The summed E-state index contributed by atoms with van der Waals surface area (Å²) < 4.78 is 11.2. The largest absolute Gasteiger partial charge is 0.375 e. The van der Waals surface area contributed by atoms with Gasteiger partial charge in [0.25, 0.3) is 0 Å². The molecule has 1 aromatic rings. The van der Waals surface area contributed by atoms with Crippen molar-refractivity contribution in [3.05, 3.63) is 11.7 Å². The second-order valence-corrected chi connectivity index (χ2v) is 5.83. The van der Waals surface area contributed by atoms with Crippen LogP contribution in [0.1, 0.15) is 50.2 Å². The Labute approximate surface area is 119 Å². The van der Waals surface area contributed by atoms with Crippen molar-refractivity contribution in [3.63, 3.8) is 0 Å². The minimum Gasteiger partial charge on any atom is -0.375 e. The molecule has 2 heterocycles. The third-order valence-electron chi connectivity index (χ3n) is 4.27. The van der Waals surface area contributed by atoms with E-state index in [1.165, 1.54) is 25.7 Å². The fourth-order valence-electron chi connectivity index (χ4n) is 3.14. The van der Waals surface area contributed by atoms with Gasteiger partial charge in [0.05, 0.1) is 25.3 Å². The van der Waals surface area contributed by atoms with E-state index in [-0.39, 0.29) is 0 Å². The molecule has 2 aliphatic rings. The number of hydrogen-bond donors (Lipinski definition) is 1. The molecular formula is C14H24N4O2. The molecule has 0 radical (unpaired) electrons. The molecule has 1 saturated carbocycles. The number of rotatable bonds is 5. The lowest BCUT2D eigenvalue weighted by Crippen LogP contribution is -2.38.